The number of phenols is 3. The van der Waals surface area contributed by atoms with Gasteiger partial charge in [0.15, 0.2) is 0 Å². The largest absolute Gasteiger partial charge is 0.508 e. The van der Waals surface area contributed by atoms with Crippen molar-refractivity contribution in [3.63, 3.8) is 0 Å². The molecule has 4 N–H and O–H groups in total. The summed E-state index contributed by atoms with van der Waals surface area (Å²) in [6.07, 6.45) is -1.21. The Kier molecular flexibility index (Phi) is 3.14. The van der Waals surface area contributed by atoms with Crippen molar-refractivity contribution in [1.82, 2.24) is 0 Å². The predicted octanol–water partition coefficient (Wildman–Crippen LogP) is 2.15. The van der Waals surface area contributed by atoms with Crippen molar-refractivity contribution < 1.29 is 25.2 Å². The molecule has 5 heteroatoms. The van der Waals surface area contributed by atoms with Crippen molar-refractivity contribution in [3.8, 4) is 23.0 Å². The molecule has 1 aliphatic rings. The lowest BCUT2D eigenvalue weighted by molar-refractivity contribution is 0.0197. The maximum atomic E-state index is 10.3. The highest BCUT2D eigenvalue weighted by Crippen LogP contribution is 2.42. The number of aromatic hydroxyl groups is 3. The van der Waals surface area contributed by atoms with Crippen LogP contribution >= 0.6 is 0 Å². The van der Waals surface area contributed by atoms with Gasteiger partial charge in [-0.05, 0) is 30.2 Å². The molecule has 0 radical (unpaired) electrons. The lowest BCUT2D eigenvalue weighted by Crippen LogP contribution is -2.30. The predicted molar refractivity (Wildman–Crippen MR) is 75.7 cm³/mol. The number of ether oxygens (including phenoxy) is 1. The summed E-state index contributed by atoms with van der Waals surface area (Å²) in [6.45, 7) is 1.76. The lowest BCUT2D eigenvalue weighted by Gasteiger charge is -2.31. The fourth-order valence-corrected chi connectivity index (χ4v) is 2.60. The summed E-state index contributed by atoms with van der Waals surface area (Å²) in [4.78, 5) is 0. The van der Waals surface area contributed by atoms with Crippen molar-refractivity contribution >= 4 is 0 Å². The van der Waals surface area contributed by atoms with Crippen LogP contribution in [-0.2, 0) is 6.42 Å². The minimum absolute atomic E-state index is 0.0932. The van der Waals surface area contributed by atoms with Gasteiger partial charge in [-0.25, -0.2) is 0 Å². The second-order valence-electron chi connectivity index (χ2n) is 5.30. The molecule has 5 nitrogen and oxygen atoms in total. The summed E-state index contributed by atoms with van der Waals surface area (Å²) in [5, 5.41) is 39.2. The van der Waals surface area contributed by atoms with Crippen molar-refractivity contribution in [1.29, 1.82) is 0 Å². The Labute approximate surface area is 121 Å². The number of aliphatic hydroxyl groups is 1. The van der Waals surface area contributed by atoms with E-state index in [0.29, 0.717) is 16.9 Å². The first-order valence-corrected chi connectivity index (χ1v) is 6.65. The third kappa shape index (κ3) is 2.36. The molecule has 2 unspecified atom stereocenters. The number of hydrogen-bond donors (Lipinski definition) is 4. The highest BCUT2D eigenvalue weighted by Gasteiger charge is 2.32. The average molecular weight is 288 g/mol. The highest BCUT2D eigenvalue weighted by molar-refractivity contribution is 5.51. The van der Waals surface area contributed by atoms with Gasteiger partial charge in [-0.2, -0.15) is 0 Å². The zero-order valence-corrected chi connectivity index (χ0v) is 11.4. The summed E-state index contributed by atoms with van der Waals surface area (Å²) in [5.41, 5.74) is 1.89. The molecule has 0 amide bonds. The van der Waals surface area contributed by atoms with Gasteiger partial charge < -0.3 is 25.2 Å². The summed E-state index contributed by atoms with van der Waals surface area (Å²) in [5.74, 6) is 0.348. The zero-order chi connectivity index (χ0) is 15.1. The van der Waals surface area contributed by atoms with E-state index in [1.54, 1.807) is 25.1 Å². The zero-order valence-electron chi connectivity index (χ0n) is 11.4. The molecule has 0 bridgehead atoms. The molecule has 2 aromatic carbocycles. The number of aliphatic hydroxyl groups excluding tert-OH is 1. The number of rotatable bonds is 1. The summed E-state index contributed by atoms with van der Waals surface area (Å²) in [6, 6.07) is 7.62. The van der Waals surface area contributed by atoms with Gasteiger partial charge in [0.2, 0.25) is 0 Å². The maximum Gasteiger partial charge on any atom is 0.150 e. The smallest absolute Gasteiger partial charge is 0.150 e. The van der Waals surface area contributed by atoms with Crippen LogP contribution in [0.4, 0.5) is 0 Å². The Morgan fingerprint density at radius 2 is 1.81 bits per heavy atom. The normalized spacial score (nSPS) is 20.7. The molecule has 0 aliphatic carbocycles. The van der Waals surface area contributed by atoms with Gasteiger partial charge in [0.25, 0.3) is 0 Å². The van der Waals surface area contributed by atoms with Crippen LogP contribution < -0.4 is 4.74 Å². The first-order valence-electron chi connectivity index (χ1n) is 6.65. The molecule has 0 aromatic heterocycles. The minimum Gasteiger partial charge on any atom is -0.508 e. The highest BCUT2D eigenvalue weighted by atomic mass is 16.5. The van der Waals surface area contributed by atoms with Crippen LogP contribution in [0.5, 0.6) is 23.0 Å². The van der Waals surface area contributed by atoms with E-state index in [0.717, 1.165) is 5.56 Å². The molecule has 0 saturated heterocycles. The number of benzene rings is 2. The molecule has 0 spiro atoms. The van der Waals surface area contributed by atoms with E-state index < -0.39 is 12.2 Å². The molecular formula is C16H16O5. The van der Waals surface area contributed by atoms with Crippen molar-refractivity contribution in [2.45, 2.75) is 25.6 Å². The Morgan fingerprint density at radius 1 is 1.05 bits per heavy atom. The first-order chi connectivity index (χ1) is 9.95. The van der Waals surface area contributed by atoms with Crippen LogP contribution in [0.3, 0.4) is 0 Å². The van der Waals surface area contributed by atoms with Crippen molar-refractivity contribution in [2.24, 2.45) is 0 Å². The number of hydrogen-bond acceptors (Lipinski definition) is 5. The third-order valence-corrected chi connectivity index (χ3v) is 3.74. The minimum atomic E-state index is -0.822. The average Bonchev–Trinajstić information content (AvgIpc) is 2.42. The maximum absolute atomic E-state index is 10.3. The van der Waals surface area contributed by atoms with E-state index in [1.165, 1.54) is 12.1 Å². The molecule has 1 heterocycles. The van der Waals surface area contributed by atoms with Crippen LogP contribution in [0, 0.1) is 6.92 Å². The SMILES string of the molecule is Cc1cc(C2Oc3cc(O)cc(O)c3CC2O)ccc1O. The summed E-state index contributed by atoms with van der Waals surface area (Å²) >= 11 is 0. The third-order valence-electron chi connectivity index (χ3n) is 3.74. The molecule has 110 valence electrons. The van der Waals surface area contributed by atoms with Crippen LogP contribution in [-0.4, -0.2) is 26.5 Å². The van der Waals surface area contributed by atoms with Crippen LogP contribution in [0.25, 0.3) is 0 Å². The molecule has 3 rings (SSSR count). The molecule has 1 aliphatic heterocycles. The van der Waals surface area contributed by atoms with Crippen LogP contribution in [0.2, 0.25) is 0 Å². The van der Waals surface area contributed by atoms with Crippen molar-refractivity contribution in [3.05, 3.63) is 47.0 Å². The first kappa shape index (κ1) is 13.6. The van der Waals surface area contributed by atoms with Gasteiger partial charge in [-0.1, -0.05) is 6.07 Å². The summed E-state index contributed by atoms with van der Waals surface area (Å²) in [7, 11) is 0. The molecule has 21 heavy (non-hydrogen) atoms. The monoisotopic (exact) mass is 288 g/mol. The number of fused-ring (bicyclic) bond motifs is 1. The Balaban J connectivity index is 2.00. The van der Waals surface area contributed by atoms with Gasteiger partial charge in [0, 0.05) is 24.1 Å². The van der Waals surface area contributed by atoms with Crippen LogP contribution in [0.15, 0.2) is 30.3 Å². The second-order valence-corrected chi connectivity index (χ2v) is 5.30. The molecule has 0 saturated carbocycles. The van der Waals surface area contributed by atoms with E-state index in [-0.39, 0.29) is 23.7 Å². The molecule has 0 fully saturated rings. The Morgan fingerprint density at radius 3 is 2.52 bits per heavy atom. The Hall–Kier alpha value is -2.40. The fraction of sp³-hybridized carbons (Fsp3) is 0.250. The summed E-state index contributed by atoms with van der Waals surface area (Å²) < 4.78 is 5.74. The van der Waals surface area contributed by atoms with Gasteiger partial charge in [-0.15, -0.1) is 0 Å². The molecule has 2 atom stereocenters. The van der Waals surface area contributed by atoms with E-state index in [4.69, 9.17) is 4.74 Å². The van der Waals surface area contributed by atoms with Gasteiger partial charge in [0.1, 0.15) is 29.1 Å². The van der Waals surface area contributed by atoms with E-state index in [2.05, 4.69) is 0 Å². The van der Waals surface area contributed by atoms with E-state index in [9.17, 15) is 20.4 Å². The van der Waals surface area contributed by atoms with Gasteiger partial charge in [0.05, 0.1) is 6.10 Å². The number of aryl methyl sites for hydroxylation is 1. The number of phenolic OH excluding ortho intramolecular Hbond substituents is 3. The molecule has 2 aromatic rings. The molecular weight excluding hydrogens is 272 g/mol. The quantitative estimate of drug-likeness (QED) is 0.645. The lowest BCUT2D eigenvalue weighted by atomic mass is 9.93. The fourth-order valence-electron chi connectivity index (χ4n) is 2.60. The van der Waals surface area contributed by atoms with Crippen molar-refractivity contribution in [2.75, 3.05) is 0 Å². The topological polar surface area (TPSA) is 90.2 Å². The van der Waals surface area contributed by atoms with Gasteiger partial charge in [-0.3, -0.25) is 0 Å². The van der Waals surface area contributed by atoms with E-state index >= 15 is 0 Å². The van der Waals surface area contributed by atoms with E-state index in [1.807, 2.05) is 0 Å². The van der Waals surface area contributed by atoms with Crippen LogP contribution in [0.1, 0.15) is 22.8 Å². The standard InChI is InChI=1S/C16H16O5/c1-8-4-9(2-3-12(8)18)16-14(20)7-11-13(19)5-10(17)6-15(11)21-16/h2-6,14,16-20H,7H2,1H3. The second kappa shape index (κ2) is 4.86. The van der Waals surface area contributed by atoms with Gasteiger partial charge >= 0.3 is 0 Å². The Bertz CT molecular complexity index is 695.